The van der Waals surface area contributed by atoms with Crippen molar-refractivity contribution in [2.45, 2.75) is 32.6 Å². The molecule has 0 bridgehead atoms. The molecule has 1 atom stereocenters. The van der Waals surface area contributed by atoms with E-state index >= 15 is 0 Å². The van der Waals surface area contributed by atoms with Crippen molar-refractivity contribution in [3.63, 3.8) is 0 Å². The Kier molecular flexibility index (Phi) is 3.19. The molecule has 0 amide bonds. The molecule has 78 valence electrons. The first-order valence-corrected chi connectivity index (χ1v) is 5.62. The summed E-state index contributed by atoms with van der Waals surface area (Å²) in [4.78, 5) is 7.70. The van der Waals surface area contributed by atoms with Gasteiger partial charge in [-0.05, 0) is 38.3 Å². The van der Waals surface area contributed by atoms with Crippen LogP contribution in [0.4, 0.5) is 0 Å². The molecule has 1 unspecified atom stereocenters. The van der Waals surface area contributed by atoms with Gasteiger partial charge in [0.2, 0.25) is 0 Å². The summed E-state index contributed by atoms with van der Waals surface area (Å²) in [5.41, 5.74) is 1.30. The Bertz CT molecular complexity index is 274. The highest BCUT2D eigenvalue weighted by molar-refractivity contribution is 5.02. The average molecular weight is 193 g/mol. The molecule has 0 spiro atoms. The molecule has 1 aliphatic heterocycles. The van der Waals surface area contributed by atoms with Crippen LogP contribution in [0.1, 0.15) is 31.3 Å². The molecule has 14 heavy (non-hydrogen) atoms. The van der Waals surface area contributed by atoms with Crippen LogP contribution in [0.5, 0.6) is 0 Å². The molecule has 0 aromatic carbocycles. The molecule has 3 nitrogen and oxygen atoms in total. The number of H-pyrrole nitrogens is 1. The molecule has 1 saturated heterocycles. The molecule has 0 saturated carbocycles. The average Bonchev–Trinajstić information content (AvgIpc) is 2.67. The Morgan fingerprint density at radius 2 is 2.50 bits per heavy atom. The van der Waals surface area contributed by atoms with Crippen molar-refractivity contribution in [1.82, 2.24) is 15.3 Å². The van der Waals surface area contributed by atoms with Crippen molar-refractivity contribution in [3.8, 4) is 0 Å². The molecule has 1 aromatic heterocycles. The molecule has 0 aliphatic carbocycles. The number of imidazole rings is 1. The van der Waals surface area contributed by atoms with Gasteiger partial charge in [0.15, 0.2) is 0 Å². The lowest BCUT2D eigenvalue weighted by Gasteiger charge is -2.21. The van der Waals surface area contributed by atoms with Gasteiger partial charge in [0, 0.05) is 18.3 Å². The third-order valence-electron chi connectivity index (χ3n) is 2.92. The second kappa shape index (κ2) is 4.60. The van der Waals surface area contributed by atoms with Crippen LogP contribution in [-0.2, 0) is 12.8 Å². The molecule has 2 N–H and O–H groups in total. The summed E-state index contributed by atoms with van der Waals surface area (Å²) in [5, 5.41) is 3.44. The Hall–Kier alpha value is -0.830. The van der Waals surface area contributed by atoms with Crippen molar-refractivity contribution in [1.29, 1.82) is 0 Å². The second-order valence-electron chi connectivity index (χ2n) is 4.13. The lowest BCUT2D eigenvalue weighted by molar-refractivity contribution is 0.374. The first-order valence-electron chi connectivity index (χ1n) is 5.62. The zero-order valence-electron chi connectivity index (χ0n) is 8.84. The van der Waals surface area contributed by atoms with Gasteiger partial charge in [-0.15, -0.1) is 0 Å². The SMILES string of the molecule is CCc1ncc(CC2CCCNC2)[nH]1. The van der Waals surface area contributed by atoms with Crippen LogP contribution in [0.25, 0.3) is 0 Å². The number of nitrogens with zero attached hydrogens (tertiary/aromatic N) is 1. The van der Waals surface area contributed by atoms with E-state index in [1.165, 1.54) is 31.6 Å². The minimum Gasteiger partial charge on any atom is -0.346 e. The molecule has 1 aliphatic rings. The second-order valence-corrected chi connectivity index (χ2v) is 4.13. The van der Waals surface area contributed by atoms with E-state index in [1.807, 2.05) is 6.20 Å². The van der Waals surface area contributed by atoms with Crippen LogP contribution in [0, 0.1) is 5.92 Å². The van der Waals surface area contributed by atoms with Gasteiger partial charge < -0.3 is 10.3 Å². The van der Waals surface area contributed by atoms with Gasteiger partial charge in [0.25, 0.3) is 0 Å². The minimum atomic E-state index is 0.800. The summed E-state index contributed by atoms with van der Waals surface area (Å²) in [6.45, 7) is 4.49. The topological polar surface area (TPSA) is 40.7 Å². The van der Waals surface area contributed by atoms with Crippen molar-refractivity contribution in [2.24, 2.45) is 5.92 Å². The van der Waals surface area contributed by atoms with Crippen LogP contribution < -0.4 is 5.32 Å². The lowest BCUT2D eigenvalue weighted by atomic mass is 9.95. The maximum absolute atomic E-state index is 4.32. The molecule has 1 fully saturated rings. The van der Waals surface area contributed by atoms with E-state index < -0.39 is 0 Å². The fraction of sp³-hybridized carbons (Fsp3) is 0.727. The maximum atomic E-state index is 4.32. The normalized spacial score (nSPS) is 22.5. The first kappa shape index (κ1) is 9.71. The van der Waals surface area contributed by atoms with Crippen LogP contribution >= 0.6 is 0 Å². The predicted molar refractivity (Wildman–Crippen MR) is 57.3 cm³/mol. The number of aromatic nitrogens is 2. The molecular weight excluding hydrogens is 174 g/mol. The van der Waals surface area contributed by atoms with Gasteiger partial charge in [-0.25, -0.2) is 4.98 Å². The van der Waals surface area contributed by atoms with Crippen molar-refractivity contribution < 1.29 is 0 Å². The van der Waals surface area contributed by atoms with E-state index in [4.69, 9.17) is 0 Å². The fourth-order valence-electron chi connectivity index (χ4n) is 2.10. The Balaban J connectivity index is 1.89. The summed E-state index contributed by atoms with van der Waals surface area (Å²) in [6.07, 6.45) is 6.82. The number of hydrogen-bond donors (Lipinski definition) is 2. The first-order chi connectivity index (χ1) is 6.88. The van der Waals surface area contributed by atoms with E-state index in [0.29, 0.717) is 0 Å². The molecule has 2 heterocycles. The largest absolute Gasteiger partial charge is 0.346 e. The number of aromatic amines is 1. The van der Waals surface area contributed by atoms with Gasteiger partial charge in [-0.2, -0.15) is 0 Å². The summed E-state index contributed by atoms with van der Waals surface area (Å²) >= 11 is 0. The Labute approximate surface area is 85.3 Å². The van der Waals surface area contributed by atoms with Crippen molar-refractivity contribution >= 4 is 0 Å². The third kappa shape index (κ3) is 2.35. The monoisotopic (exact) mass is 193 g/mol. The summed E-state index contributed by atoms with van der Waals surface area (Å²) in [6, 6.07) is 0. The molecule has 1 aromatic rings. The van der Waals surface area contributed by atoms with E-state index in [9.17, 15) is 0 Å². The summed E-state index contributed by atoms with van der Waals surface area (Å²) in [5.74, 6) is 1.91. The van der Waals surface area contributed by atoms with Gasteiger partial charge in [-0.3, -0.25) is 0 Å². The van der Waals surface area contributed by atoms with Crippen LogP contribution in [0.3, 0.4) is 0 Å². The highest BCUT2D eigenvalue weighted by Crippen LogP contribution is 2.15. The Morgan fingerprint density at radius 1 is 1.57 bits per heavy atom. The Morgan fingerprint density at radius 3 is 3.14 bits per heavy atom. The lowest BCUT2D eigenvalue weighted by Crippen LogP contribution is -2.30. The zero-order valence-corrected chi connectivity index (χ0v) is 8.84. The maximum Gasteiger partial charge on any atom is 0.105 e. The third-order valence-corrected chi connectivity index (χ3v) is 2.92. The number of aryl methyl sites for hydroxylation is 1. The van der Waals surface area contributed by atoms with Gasteiger partial charge in [-0.1, -0.05) is 6.92 Å². The van der Waals surface area contributed by atoms with E-state index in [1.54, 1.807) is 0 Å². The number of piperidine rings is 1. The fourth-order valence-corrected chi connectivity index (χ4v) is 2.10. The van der Waals surface area contributed by atoms with Gasteiger partial charge in [0.05, 0.1) is 0 Å². The smallest absolute Gasteiger partial charge is 0.105 e. The van der Waals surface area contributed by atoms with E-state index in [2.05, 4.69) is 22.2 Å². The quantitative estimate of drug-likeness (QED) is 0.764. The van der Waals surface area contributed by atoms with Crippen LogP contribution in [0.2, 0.25) is 0 Å². The molecule has 2 rings (SSSR count). The standard InChI is InChI=1S/C11H19N3/c1-2-11-13-8-10(14-11)6-9-4-3-5-12-7-9/h8-9,12H,2-7H2,1H3,(H,13,14). The summed E-state index contributed by atoms with van der Waals surface area (Å²) < 4.78 is 0. The van der Waals surface area contributed by atoms with Crippen molar-refractivity contribution in [3.05, 3.63) is 17.7 Å². The molecule has 3 heteroatoms. The van der Waals surface area contributed by atoms with E-state index in [-0.39, 0.29) is 0 Å². The number of rotatable bonds is 3. The zero-order chi connectivity index (χ0) is 9.80. The molecule has 0 radical (unpaired) electrons. The number of nitrogens with one attached hydrogen (secondary N) is 2. The van der Waals surface area contributed by atoms with Crippen LogP contribution in [-0.4, -0.2) is 23.1 Å². The highest BCUT2D eigenvalue weighted by Gasteiger charge is 2.14. The minimum absolute atomic E-state index is 0.800. The predicted octanol–water partition coefficient (Wildman–Crippen LogP) is 1.51. The van der Waals surface area contributed by atoms with Gasteiger partial charge >= 0.3 is 0 Å². The number of hydrogen-bond acceptors (Lipinski definition) is 2. The van der Waals surface area contributed by atoms with Gasteiger partial charge in [0.1, 0.15) is 5.82 Å². The summed E-state index contributed by atoms with van der Waals surface area (Å²) in [7, 11) is 0. The highest BCUT2D eigenvalue weighted by atomic mass is 14.9. The van der Waals surface area contributed by atoms with Crippen LogP contribution in [0.15, 0.2) is 6.20 Å². The van der Waals surface area contributed by atoms with E-state index in [0.717, 1.165) is 24.6 Å². The molecular formula is C11H19N3. The van der Waals surface area contributed by atoms with Crippen molar-refractivity contribution in [2.75, 3.05) is 13.1 Å².